The molecule has 2 bridgehead atoms. The quantitative estimate of drug-likeness (QED) is 0.744. The van der Waals surface area contributed by atoms with Gasteiger partial charge >= 0.3 is 6.09 Å². The zero-order valence-corrected chi connectivity index (χ0v) is 13.2. The van der Waals surface area contributed by atoms with Crippen molar-refractivity contribution in [3.05, 3.63) is 0 Å². The van der Waals surface area contributed by atoms with E-state index >= 15 is 0 Å². The number of rotatable bonds is 2. The first-order valence-corrected chi connectivity index (χ1v) is 7.80. The van der Waals surface area contributed by atoms with E-state index in [9.17, 15) is 4.79 Å². The molecule has 0 aliphatic carbocycles. The Balaban J connectivity index is 2.17. The summed E-state index contributed by atoms with van der Waals surface area (Å²) < 4.78 is 5.64. The van der Waals surface area contributed by atoms with Crippen molar-refractivity contribution in [2.45, 2.75) is 90.3 Å². The van der Waals surface area contributed by atoms with Gasteiger partial charge in [-0.2, -0.15) is 0 Å². The highest BCUT2D eigenvalue weighted by atomic mass is 16.6. The number of carbonyl (C=O) groups is 1. The van der Waals surface area contributed by atoms with Crippen molar-refractivity contribution >= 4 is 6.09 Å². The Hall–Kier alpha value is -0.730. The third kappa shape index (κ3) is 2.75. The molecule has 3 nitrogen and oxygen atoms in total. The van der Waals surface area contributed by atoms with Crippen molar-refractivity contribution in [3.63, 3.8) is 0 Å². The van der Waals surface area contributed by atoms with Crippen molar-refractivity contribution in [3.8, 4) is 0 Å². The predicted molar refractivity (Wildman–Crippen MR) is 77.1 cm³/mol. The topological polar surface area (TPSA) is 29.5 Å². The molecule has 0 aromatic rings. The van der Waals surface area contributed by atoms with Crippen LogP contribution >= 0.6 is 0 Å². The summed E-state index contributed by atoms with van der Waals surface area (Å²) in [5, 5.41) is 0. The van der Waals surface area contributed by atoms with E-state index in [4.69, 9.17) is 4.74 Å². The zero-order valence-electron chi connectivity index (χ0n) is 13.2. The summed E-state index contributed by atoms with van der Waals surface area (Å²) in [5.41, 5.74) is -0.369. The summed E-state index contributed by atoms with van der Waals surface area (Å²) in [5.74, 6) is 0.642. The van der Waals surface area contributed by atoms with Gasteiger partial charge in [0.05, 0.1) is 0 Å². The molecule has 0 N–H and O–H groups in total. The van der Waals surface area contributed by atoms with E-state index in [-0.39, 0.29) is 11.6 Å². The first-order valence-electron chi connectivity index (χ1n) is 7.80. The van der Waals surface area contributed by atoms with E-state index in [0.29, 0.717) is 12.0 Å². The van der Waals surface area contributed by atoms with Gasteiger partial charge in [0, 0.05) is 11.6 Å². The zero-order chi connectivity index (χ0) is 14.3. The second-order valence-electron chi connectivity index (χ2n) is 7.46. The Kier molecular flexibility index (Phi) is 3.85. The van der Waals surface area contributed by atoms with E-state index in [1.54, 1.807) is 0 Å². The number of ether oxygens (including phenoxy) is 1. The van der Waals surface area contributed by atoms with E-state index in [1.807, 2.05) is 20.8 Å². The van der Waals surface area contributed by atoms with Crippen LogP contribution in [0.4, 0.5) is 4.79 Å². The number of carbonyl (C=O) groups excluding carboxylic acids is 1. The van der Waals surface area contributed by atoms with Crippen molar-refractivity contribution in [2.75, 3.05) is 0 Å². The third-order valence-corrected chi connectivity index (χ3v) is 4.85. The molecule has 2 aliphatic heterocycles. The monoisotopic (exact) mass is 267 g/mol. The number of fused-ring (bicyclic) bond motifs is 2. The highest BCUT2D eigenvalue weighted by molar-refractivity contribution is 5.70. The smallest absolute Gasteiger partial charge is 0.411 e. The minimum Gasteiger partial charge on any atom is -0.444 e. The van der Waals surface area contributed by atoms with Crippen molar-refractivity contribution in [1.29, 1.82) is 0 Å². The molecule has 1 amide bonds. The van der Waals surface area contributed by atoms with Crippen LogP contribution in [0.2, 0.25) is 0 Å². The second-order valence-corrected chi connectivity index (χ2v) is 7.46. The van der Waals surface area contributed by atoms with E-state index in [0.717, 1.165) is 19.3 Å². The average Bonchev–Trinajstić information content (AvgIpc) is 2.52. The molecule has 2 heterocycles. The number of hydrogen-bond acceptors (Lipinski definition) is 2. The Bertz CT molecular complexity index is 347. The molecule has 2 rings (SSSR count). The van der Waals surface area contributed by atoms with Crippen molar-refractivity contribution in [1.82, 2.24) is 4.90 Å². The summed E-state index contributed by atoms with van der Waals surface area (Å²) in [6.45, 7) is 10.4. The minimum absolute atomic E-state index is 0.0290. The lowest BCUT2D eigenvalue weighted by Gasteiger charge is -2.48. The maximum atomic E-state index is 12.5. The predicted octanol–water partition coefficient (Wildman–Crippen LogP) is 4.35. The van der Waals surface area contributed by atoms with Gasteiger partial charge in [-0.05, 0) is 65.7 Å². The lowest BCUT2D eigenvalue weighted by Crippen LogP contribution is -2.57. The highest BCUT2D eigenvalue weighted by Gasteiger charge is 2.53. The normalized spacial score (nSPS) is 34.5. The fourth-order valence-corrected chi connectivity index (χ4v) is 3.98. The van der Waals surface area contributed by atoms with Crippen molar-refractivity contribution < 1.29 is 9.53 Å². The van der Waals surface area contributed by atoms with Gasteiger partial charge in [-0.25, -0.2) is 4.79 Å². The summed E-state index contributed by atoms with van der Waals surface area (Å²) in [7, 11) is 0. The van der Waals surface area contributed by atoms with Crippen LogP contribution in [-0.2, 0) is 4.74 Å². The molecule has 3 atom stereocenters. The molecule has 2 saturated heterocycles. The van der Waals surface area contributed by atoms with Crippen LogP contribution < -0.4 is 0 Å². The Morgan fingerprint density at radius 1 is 1.32 bits per heavy atom. The lowest BCUT2D eigenvalue weighted by atomic mass is 9.76. The highest BCUT2D eigenvalue weighted by Crippen LogP contribution is 2.49. The van der Waals surface area contributed by atoms with Crippen LogP contribution in [-0.4, -0.2) is 28.2 Å². The van der Waals surface area contributed by atoms with Gasteiger partial charge in [-0.15, -0.1) is 0 Å². The minimum atomic E-state index is -0.398. The Morgan fingerprint density at radius 2 is 2.00 bits per heavy atom. The molecule has 3 unspecified atom stereocenters. The molecule has 110 valence electrons. The number of piperidine rings is 1. The summed E-state index contributed by atoms with van der Waals surface area (Å²) >= 11 is 0. The van der Waals surface area contributed by atoms with Crippen LogP contribution in [0.3, 0.4) is 0 Å². The average molecular weight is 267 g/mol. The molecule has 0 aromatic carbocycles. The van der Waals surface area contributed by atoms with E-state index in [2.05, 4.69) is 18.7 Å². The second kappa shape index (κ2) is 4.99. The van der Waals surface area contributed by atoms with Gasteiger partial charge in [0.15, 0.2) is 0 Å². The van der Waals surface area contributed by atoms with Crippen LogP contribution in [0.25, 0.3) is 0 Å². The molecule has 0 aromatic heterocycles. The third-order valence-electron chi connectivity index (χ3n) is 4.85. The number of amides is 1. The number of nitrogens with zero attached hydrogens (tertiary/aromatic N) is 1. The molecule has 0 spiro atoms. The molecule has 2 aliphatic rings. The summed E-state index contributed by atoms with van der Waals surface area (Å²) in [6.07, 6.45) is 7.04. The molecule has 2 fully saturated rings. The summed E-state index contributed by atoms with van der Waals surface area (Å²) in [6, 6.07) is 0.410. The van der Waals surface area contributed by atoms with Crippen LogP contribution in [0.5, 0.6) is 0 Å². The van der Waals surface area contributed by atoms with Gasteiger partial charge in [0.1, 0.15) is 5.60 Å². The first-order chi connectivity index (χ1) is 8.78. The van der Waals surface area contributed by atoms with E-state index in [1.165, 1.54) is 19.3 Å². The maximum Gasteiger partial charge on any atom is 0.411 e. The molecule has 3 heteroatoms. The largest absolute Gasteiger partial charge is 0.444 e. The fourth-order valence-electron chi connectivity index (χ4n) is 3.98. The van der Waals surface area contributed by atoms with Crippen LogP contribution in [0.15, 0.2) is 0 Å². The van der Waals surface area contributed by atoms with Gasteiger partial charge < -0.3 is 4.74 Å². The standard InChI is InChI=1S/C16H29NO2/c1-6-7-12-8-9-13-10-11-16(12,5)17(13)14(18)19-15(2,3)4/h12-13H,6-11H2,1-5H3. The molecule has 19 heavy (non-hydrogen) atoms. The molecular formula is C16H29NO2. The Morgan fingerprint density at radius 3 is 2.58 bits per heavy atom. The van der Waals surface area contributed by atoms with Crippen LogP contribution in [0.1, 0.15) is 73.1 Å². The SMILES string of the molecule is CCCC1CCC2CCC1(C)N2C(=O)OC(C)(C)C. The van der Waals surface area contributed by atoms with Gasteiger partial charge in [-0.1, -0.05) is 13.3 Å². The molecule has 0 radical (unpaired) electrons. The molecular weight excluding hydrogens is 238 g/mol. The van der Waals surface area contributed by atoms with Gasteiger partial charge in [-0.3, -0.25) is 4.90 Å². The Labute approximate surface area is 117 Å². The molecule has 0 saturated carbocycles. The number of hydrogen-bond donors (Lipinski definition) is 0. The van der Waals surface area contributed by atoms with Gasteiger partial charge in [0.2, 0.25) is 0 Å². The fraction of sp³-hybridized carbons (Fsp3) is 0.938. The lowest BCUT2D eigenvalue weighted by molar-refractivity contribution is -0.0292. The maximum absolute atomic E-state index is 12.5. The van der Waals surface area contributed by atoms with Crippen molar-refractivity contribution in [2.24, 2.45) is 5.92 Å². The van der Waals surface area contributed by atoms with Gasteiger partial charge in [0.25, 0.3) is 0 Å². The summed E-state index contributed by atoms with van der Waals surface area (Å²) in [4.78, 5) is 14.6. The first kappa shape index (κ1) is 14.7. The van der Waals surface area contributed by atoms with E-state index < -0.39 is 5.60 Å². The van der Waals surface area contributed by atoms with Crippen LogP contribution in [0, 0.1) is 5.92 Å².